The van der Waals surface area contributed by atoms with Crippen molar-refractivity contribution in [1.82, 2.24) is 14.5 Å². The Labute approximate surface area is 94.8 Å². The summed E-state index contributed by atoms with van der Waals surface area (Å²) in [6.07, 6.45) is 4.64. The lowest BCUT2D eigenvalue weighted by atomic mass is 10.3. The van der Waals surface area contributed by atoms with Gasteiger partial charge in [-0.1, -0.05) is 6.07 Å². The van der Waals surface area contributed by atoms with E-state index in [-0.39, 0.29) is 5.56 Å². The number of rotatable bonds is 2. The molecule has 0 fully saturated rings. The molecule has 0 bridgehead atoms. The number of hydrogen-bond donors (Lipinski definition) is 0. The van der Waals surface area contributed by atoms with Gasteiger partial charge in [0.1, 0.15) is 4.60 Å². The minimum absolute atomic E-state index is 0.135. The van der Waals surface area contributed by atoms with Crippen LogP contribution < -0.4 is 5.56 Å². The second-order valence-corrected chi connectivity index (χ2v) is 3.81. The third-order valence-electron chi connectivity index (χ3n) is 1.90. The minimum Gasteiger partial charge on any atom is -0.305 e. The van der Waals surface area contributed by atoms with Crippen molar-refractivity contribution in [2.75, 3.05) is 0 Å². The van der Waals surface area contributed by atoms with Gasteiger partial charge < -0.3 is 4.57 Å². The van der Waals surface area contributed by atoms with Gasteiger partial charge in [0.2, 0.25) is 0 Å². The van der Waals surface area contributed by atoms with Crippen LogP contribution in [0.2, 0.25) is 0 Å². The van der Waals surface area contributed by atoms with E-state index in [0.29, 0.717) is 11.1 Å². The highest BCUT2D eigenvalue weighted by atomic mass is 79.9. The van der Waals surface area contributed by atoms with Crippen molar-refractivity contribution in [3.8, 4) is 0 Å². The maximum absolute atomic E-state index is 11.4. The zero-order valence-electron chi connectivity index (χ0n) is 7.80. The highest BCUT2D eigenvalue weighted by Gasteiger charge is 1.99. The summed E-state index contributed by atoms with van der Waals surface area (Å²) in [5, 5.41) is 0. The minimum atomic E-state index is -0.135. The summed E-state index contributed by atoms with van der Waals surface area (Å²) in [5.41, 5.74) is 0.710. The van der Waals surface area contributed by atoms with Crippen molar-refractivity contribution in [2.24, 2.45) is 0 Å². The van der Waals surface area contributed by atoms with E-state index in [1.807, 2.05) is 18.2 Å². The van der Waals surface area contributed by atoms with Crippen molar-refractivity contribution in [1.29, 1.82) is 0 Å². The van der Waals surface area contributed by atoms with E-state index >= 15 is 0 Å². The van der Waals surface area contributed by atoms with Gasteiger partial charge in [-0.2, -0.15) is 0 Å². The molecule has 0 radical (unpaired) electrons. The first-order valence-corrected chi connectivity index (χ1v) is 5.17. The normalized spacial score (nSPS) is 10.2. The standard InChI is InChI=1S/C10H8BrN3O/c11-9-7-14(10(15)5-13-9)6-8-3-1-2-4-12-8/h1-5,7H,6H2. The Bertz CT molecular complexity index is 510. The van der Waals surface area contributed by atoms with Crippen LogP contribution in [0.3, 0.4) is 0 Å². The predicted molar refractivity (Wildman–Crippen MR) is 59.5 cm³/mol. The lowest BCUT2D eigenvalue weighted by Crippen LogP contribution is -2.20. The third-order valence-corrected chi connectivity index (χ3v) is 2.31. The molecule has 4 nitrogen and oxygen atoms in total. The largest absolute Gasteiger partial charge is 0.305 e. The molecular weight excluding hydrogens is 258 g/mol. The van der Waals surface area contributed by atoms with Crippen molar-refractivity contribution >= 4 is 15.9 Å². The predicted octanol–water partition coefficient (Wildman–Crippen LogP) is 1.45. The van der Waals surface area contributed by atoms with Gasteiger partial charge in [-0.3, -0.25) is 9.78 Å². The molecule has 76 valence electrons. The highest BCUT2D eigenvalue weighted by molar-refractivity contribution is 9.10. The van der Waals surface area contributed by atoms with Crippen LogP contribution in [0.25, 0.3) is 0 Å². The Morgan fingerprint density at radius 1 is 1.33 bits per heavy atom. The van der Waals surface area contributed by atoms with Crippen LogP contribution in [0.4, 0.5) is 0 Å². The van der Waals surface area contributed by atoms with Crippen LogP contribution in [0.15, 0.2) is 46.2 Å². The van der Waals surface area contributed by atoms with Crippen LogP contribution in [-0.4, -0.2) is 14.5 Å². The van der Waals surface area contributed by atoms with Crippen LogP contribution in [0.1, 0.15) is 5.69 Å². The van der Waals surface area contributed by atoms with Gasteiger partial charge >= 0.3 is 0 Å². The van der Waals surface area contributed by atoms with Crippen molar-refractivity contribution in [3.63, 3.8) is 0 Å². The molecule has 0 spiro atoms. The quantitative estimate of drug-likeness (QED) is 0.826. The number of pyridine rings is 1. The summed E-state index contributed by atoms with van der Waals surface area (Å²) in [4.78, 5) is 19.4. The molecule has 0 saturated carbocycles. The van der Waals surface area contributed by atoms with E-state index in [1.165, 1.54) is 6.20 Å². The summed E-state index contributed by atoms with van der Waals surface area (Å²) < 4.78 is 2.19. The molecule has 0 aromatic carbocycles. The Kier molecular flexibility index (Phi) is 2.91. The van der Waals surface area contributed by atoms with Crippen molar-refractivity contribution in [2.45, 2.75) is 6.54 Å². The van der Waals surface area contributed by atoms with Gasteiger partial charge in [-0.15, -0.1) is 0 Å². The Balaban J connectivity index is 2.32. The highest BCUT2D eigenvalue weighted by Crippen LogP contribution is 2.02. The molecule has 2 heterocycles. The fraction of sp³-hybridized carbons (Fsp3) is 0.100. The smallest absolute Gasteiger partial charge is 0.269 e. The maximum Gasteiger partial charge on any atom is 0.269 e. The third kappa shape index (κ3) is 2.50. The first kappa shape index (κ1) is 10.0. The Morgan fingerprint density at radius 3 is 2.93 bits per heavy atom. The second-order valence-electron chi connectivity index (χ2n) is 3.00. The van der Waals surface area contributed by atoms with Gasteiger partial charge in [-0.05, 0) is 28.1 Å². The molecule has 2 rings (SSSR count). The van der Waals surface area contributed by atoms with Crippen LogP contribution in [0, 0.1) is 0 Å². The van der Waals surface area contributed by atoms with E-state index in [0.717, 1.165) is 5.69 Å². The second kappa shape index (κ2) is 4.35. The lowest BCUT2D eigenvalue weighted by Gasteiger charge is -2.04. The lowest BCUT2D eigenvalue weighted by molar-refractivity contribution is 0.725. The molecule has 0 saturated heterocycles. The van der Waals surface area contributed by atoms with Gasteiger partial charge in [-0.25, -0.2) is 4.98 Å². The molecule has 5 heteroatoms. The van der Waals surface area contributed by atoms with Gasteiger partial charge in [0.05, 0.1) is 18.4 Å². The average molecular weight is 266 g/mol. The molecule has 0 N–H and O–H groups in total. The van der Waals surface area contributed by atoms with E-state index in [9.17, 15) is 4.79 Å². The topological polar surface area (TPSA) is 47.8 Å². The number of halogens is 1. The molecule has 0 aliphatic carbocycles. The molecular formula is C10H8BrN3O. The van der Waals surface area contributed by atoms with E-state index in [2.05, 4.69) is 25.9 Å². The monoisotopic (exact) mass is 265 g/mol. The van der Waals surface area contributed by atoms with Crippen molar-refractivity contribution < 1.29 is 0 Å². The average Bonchev–Trinajstić information content (AvgIpc) is 2.25. The fourth-order valence-electron chi connectivity index (χ4n) is 1.21. The number of aromatic nitrogens is 3. The molecule has 0 aliphatic rings. The summed E-state index contributed by atoms with van der Waals surface area (Å²) in [5.74, 6) is 0. The van der Waals surface area contributed by atoms with Crippen LogP contribution in [0.5, 0.6) is 0 Å². The van der Waals surface area contributed by atoms with Crippen LogP contribution in [-0.2, 0) is 6.54 Å². The van der Waals surface area contributed by atoms with E-state index in [1.54, 1.807) is 17.0 Å². The summed E-state index contributed by atoms with van der Waals surface area (Å²) >= 11 is 3.22. The molecule has 0 aliphatic heterocycles. The van der Waals surface area contributed by atoms with Gasteiger partial charge in [0, 0.05) is 12.4 Å². The SMILES string of the molecule is O=c1cnc(Br)cn1Cc1ccccn1. The molecule has 0 unspecified atom stereocenters. The zero-order chi connectivity index (χ0) is 10.7. The maximum atomic E-state index is 11.4. The van der Waals surface area contributed by atoms with Crippen LogP contribution >= 0.6 is 15.9 Å². The van der Waals surface area contributed by atoms with E-state index in [4.69, 9.17) is 0 Å². The summed E-state index contributed by atoms with van der Waals surface area (Å²) in [6.45, 7) is 0.459. The van der Waals surface area contributed by atoms with Gasteiger partial charge in [0.25, 0.3) is 5.56 Å². The Morgan fingerprint density at radius 2 is 2.20 bits per heavy atom. The molecule has 2 aromatic heterocycles. The number of nitrogens with zero attached hydrogens (tertiary/aromatic N) is 3. The molecule has 0 atom stereocenters. The van der Waals surface area contributed by atoms with Gasteiger partial charge in [0.15, 0.2) is 0 Å². The first-order chi connectivity index (χ1) is 7.25. The molecule has 15 heavy (non-hydrogen) atoms. The summed E-state index contributed by atoms with van der Waals surface area (Å²) in [6, 6.07) is 5.61. The molecule has 2 aromatic rings. The van der Waals surface area contributed by atoms with E-state index < -0.39 is 0 Å². The first-order valence-electron chi connectivity index (χ1n) is 4.37. The Hall–Kier alpha value is -1.49. The summed E-state index contributed by atoms with van der Waals surface area (Å²) in [7, 11) is 0. The fourth-order valence-corrected chi connectivity index (χ4v) is 1.56. The molecule has 0 amide bonds. The number of hydrogen-bond acceptors (Lipinski definition) is 3. The van der Waals surface area contributed by atoms with Crippen molar-refractivity contribution in [3.05, 3.63) is 57.4 Å². The zero-order valence-corrected chi connectivity index (χ0v) is 9.39.